The Morgan fingerprint density at radius 2 is 2.00 bits per heavy atom. The maximum absolute atomic E-state index is 7.59. The Bertz CT molecular complexity index is 46.5. The molecule has 42 valence electrons. The van der Waals surface area contributed by atoms with Crippen molar-refractivity contribution >= 4 is 0 Å². The van der Waals surface area contributed by atoms with Crippen molar-refractivity contribution in [2.24, 2.45) is 0 Å². The molecule has 0 N–H and O–H groups in total. The molecule has 0 bridgehead atoms. The Hall–Kier alpha value is -0.710. The summed E-state index contributed by atoms with van der Waals surface area (Å²) >= 11 is 0. The molecule has 7 heavy (non-hydrogen) atoms. The lowest BCUT2D eigenvalue weighted by Crippen LogP contribution is -1.73. The Morgan fingerprint density at radius 3 is 2.00 bits per heavy atom. The highest BCUT2D eigenvalue weighted by atomic mass is 16.5. The van der Waals surface area contributed by atoms with Crippen LogP contribution in [0.5, 0.6) is 0 Å². The Kier molecular flexibility index (Phi) is 25.4. The molecule has 0 aromatic carbocycles. The number of hydrogen-bond donors (Lipinski definition) is 0. The molecule has 0 radical (unpaired) electrons. The van der Waals surface area contributed by atoms with Crippen LogP contribution in [0.4, 0.5) is 0 Å². The van der Waals surface area contributed by atoms with Gasteiger partial charge in [-0.1, -0.05) is 13.8 Å². The van der Waals surface area contributed by atoms with Crippen molar-refractivity contribution in [3.8, 4) is 6.26 Å². The van der Waals surface area contributed by atoms with E-state index in [-0.39, 0.29) is 0 Å². The maximum atomic E-state index is 7.59. The quantitative estimate of drug-likeness (QED) is 0.469. The molecule has 0 saturated heterocycles. The number of nitriles is 1. The second-order valence-corrected chi connectivity index (χ2v) is 0.524. The molecule has 2 heteroatoms. The molecular weight excluding hydrogens is 90.1 g/mol. The largest absolute Gasteiger partial charge is 0.428 e. The van der Waals surface area contributed by atoms with Gasteiger partial charge in [0.05, 0.1) is 6.61 Å². The molecule has 0 saturated carbocycles. The summed E-state index contributed by atoms with van der Waals surface area (Å²) < 4.78 is 4.14. The number of nitrogens with zero attached hydrogens (tertiary/aromatic N) is 1. The van der Waals surface area contributed by atoms with Crippen molar-refractivity contribution in [3.05, 3.63) is 0 Å². The molecule has 0 aliphatic rings. The van der Waals surface area contributed by atoms with Gasteiger partial charge in [0.1, 0.15) is 0 Å². The van der Waals surface area contributed by atoms with Gasteiger partial charge in [0.15, 0.2) is 0 Å². The van der Waals surface area contributed by atoms with Gasteiger partial charge in [0.2, 0.25) is 0 Å². The molecule has 0 aromatic heterocycles. The fourth-order valence-electron chi connectivity index (χ4n) is 0.0645. The van der Waals surface area contributed by atoms with E-state index in [1.54, 1.807) is 6.92 Å². The standard InChI is InChI=1S/C3H5NO.C2H6/c1-2-5-3-4;1-2/h2H2,1H3;1-2H3. The normalized spacial score (nSPS) is 4.86. The van der Waals surface area contributed by atoms with Crippen LogP contribution < -0.4 is 0 Å². The minimum Gasteiger partial charge on any atom is -0.428 e. The molecule has 0 amide bonds. The highest BCUT2D eigenvalue weighted by molar-refractivity contribution is 4.42. The van der Waals surface area contributed by atoms with E-state index in [4.69, 9.17) is 5.26 Å². The van der Waals surface area contributed by atoms with Crippen LogP contribution in [0.3, 0.4) is 0 Å². The predicted molar refractivity (Wildman–Crippen MR) is 28.6 cm³/mol. The summed E-state index contributed by atoms with van der Waals surface area (Å²) in [6.45, 7) is 6.25. The van der Waals surface area contributed by atoms with E-state index in [9.17, 15) is 0 Å². The molecule has 0 unspecified atom stereocenters. The summed E-state index contributed by atoms with van der Waals surface area (Å²) in [5.74, 6) is 0. The first-order chi connectivity index (χ1) is 3.41. The molecule has 0 heterocycles. The van der Waals surface area contributed by atoms with Gasteiger partial charge < -0.3 is 4.74 Å². The van der Waals surface area contributed by atoms with Crippen molar-refractivity contribution in [2.45, 2.75) is 20.8 Å². The van der Waals surface area contributed by atoms with E-state index in [1.807, 2.05) is 13.8 Å². The fraction of sp³-hybridized carbons (Fsp3) is 0.800. The predicted octanol–water partition coefficient (Wildman–Crippen LogP) is 1.53. The summed E-state index contributed by atoms with van der Waals surface area (Å²) in [5, 5.41) is 7.59. The minimum absolute atomic E-state index is 0.483. The van der Waals surface area contributed by atoms with Crippen molar-refractivity contribution in [3.63, 3.8) is 0 Å². The monoisotopic (exact) mass is 101 g/mol. The zero-order valence-electron chi connectivity index (χ0n) is 5.06. The lowest BCUT2D eigenvalue weighted by Gasteiger charge is -1.76. The lowest BCUT2D eigenvalue weighted by molar-refractivity contribution is 0.291. The first kappa shape index (κ1) is 9.56. The third-order valence-electron chi connectivity index (χ3n) is 0.209. The first-order valence-corrected chi connectivity index (χ1v) is 2.42. The molecule has 0 spiro atoms. The van der Waals surface area contributed by atoms with Gasteiger partial charge in [0, 0.05) is 0 Å². The van der Waals surface area contributed by atoms with Crippen LogP contribution >= 0.6 is 0 Å². The van der Waals surface area contributed by atoms with Gasteiger partial charge in [0.25, 0.3) is 6.26 Å². The van der Waals surface area contributed by atoms with Gasteiger partial charge in [-0.15, -0.1) is 0 Å². The van der Waals surface area contributed by atoms with E-state index in [0.29, 0.717) is 6.61 Å². The van der Waals surface area contributed by atoms with E-state index < -0.39 is 0 Å². The van der Waals surface area contributed by atoms with Crippen LogP contribution in [0.15, 0.2) is 0 Å². The van der Waals surface area contributed by atoms with Crippen molar-refractivity contribution in [1.29, 1.82) is 5.26 Å². The second-order valence-electron chi connectivity index (χ2n) is 0.524. The second kappa shape index (κ2) is 18.6. The van der Waals surface area contributed by atoms with Crippen LogP contribution in [0, 0.1) is 11.5 Å². The van der Waals surface area contributed by atoms with Crippen LogP contribution in [-0.2, 0) is 4.74 Å². The third-order valence-corrected chi connectivity index (χ3v) is 0.209. The highest BCUT2D eigenvalue weighted by Crippen LogP contribution is 1.58. The van der Waals surface area contributed by atoms with Crippen LogP contribution in [0.2, 0.25) is 0 Å². The van der Waals surface area contributed by atoms with Crippen molar-refractivity contribution in [1.82, 2.24) is 0 Å². The summed E-state index contributed by atoms with van der Waals surface area (Å²) in [6.07, 6.45) is 1.52. The Morgan fingerprint density at radius 1 is 1.57 bits per heavy atom. The molecular formula is C5H11NO. The molecule has 0 atom stereocenters. The van der Waals surface area contributed by atoms with Gasteiger partial charge in [-0.25, -0.2) is 0 Å². The van der Waals surface area contributed by atoms with Gasteiger partial charge in [-0.3, -0.25) is 0 Å². The zero-order valence-corrected chi connectivity index (χ0v) is 5.06. The fourth-order valence-corrected chi connectivity index (χ4v) is 0.0645. The van der Waals surface area contributed by atoms with Crippen LogP contribution in [0.1, 0.15) is 20.8 Å². The summed E-state index contributed by atoms with van der Waals surface area (Å²) in [6, 6.07) is 0. The summed E-state index contributed by atoms with van der Waals surface area (Å²) in [4.78, 5) is 0. The van der Waals surface area contributed by atoms with E-state index in [1.165, 1.54) is 6.26 Å². The first-order valence-electron chi connectivity index (χ1n) is 2.42. The Balaban J connectivity index is 0. The van der Waals surface area contributed by atoms with Gasteiger partial charge in [-0.2, -0.15) is 5.26 Å². The van der Waals surface area contributed by atoms with Crippen LogP contribution in [-0.4, -0.2) is 6.61 Å². The Labute approximate surface area is 44.7 Å². The van der Waals surface area contributed by atoms with Crippen molar-refractivity contribution < 1.29 is 4.74 Å². The number of rotatable bonds is 1. The van der Waals surface area contributed by atoms with Crippen LogP contribution in [0.25, 0.3) is 0 Å². The van der Waals surface area contributed by atoms with Crippen molar-refractivity contribution in [2.75, 3.05) is 6.61 Å². The van der Waals surface area contributed by atoms with E-state index >= 15 is 0 Å². The number of ether oxygens (including phenoxy) is 1. The highest BCUT2D eigenvalue weighted by Gasteiger charge is 1.60. The molecule has 0 aromatic rings. The third kappa shape index (κ3) is 34.4. The maximum Gasteiger partial charge on any atom is 0.286 e. The van der Waals surface area contributed by atoms with Gasteiger partial charge >= 0.3 is 0 Å². The molecule has 0 aliphatic carbocycles. The minimum atomic E-state index is 0.483. The summed E-state index contributed by atoms with van der Waals surface area (Å²) in [5.41, 5.74) is 0. The average Bonchev–Trinajstić information content (AvgIpc) is 1.75. The SMILES string of the molecule is CC.CCOC#N. The smallest absolute Gasteiger partial charge is 0.286 e. The van der Waals surface area contributed by atoms with Gasteiger partial charge in [-0.05, 0) is 6.92 Å². The zero-order chi connectivity index (χ0) is 6.12. The molecule has 2 nitrogen and oxygen atoms in total. The number of hydrogen-bond acceptors (Lipinski definition) is 2. The molecule has 0 rings (SSSR count). The summed E-state index contributed by atoms with van der Waals surface area (Å²) in [7, 11) is 0. The molecule has 0 fully saturated rings. The lowest BCUT2D eigenvalue weighted by atomic mass is 10.9. The van der Waals surface area contributed by atoms with E-state index in [2.05, 4.69) is 4.74 Å². The van der Waals surface area contributed by atoms with E-state index in [0.717, 1.165) is 0 Å². The molecule has 0 aliphatic heterocycles. The average molecular weight is 101 g/mol. The topological polar surface area (TPSA) is 33.0 Å².